The summed E-state index contributed by atoms with van der Waals surface area (Å²) in [4.78, 5) is 51.8. The van der Waals surface area contributed by atoms with E-state index in [2.05, 4.69) is 5.32 Å². The van der Waals surface area contributed by atoms with Gasteiger partial charge in [0.2, 0.25) is 17.7 Å². The maximum Gasteiger partial charge on any atom is 0.258 e. The van der Waals surface area contributed by atoms with Gasteiger partial charge in [0.25, 0.3) is 5.91 Å². The fraction of sp³-hybridized carbons (Fsp3) is 0.579. The number of rotatable bonds is 3. The zero-order chi connectivity index (χ0) is 20.0. The number of nitrogens with one attached hydrogen (secondary N) is 1. The smallest absolute Gasteiger partial charge is 0.258 e. The number of halogens is 1. The number of imide groups is 2. The van der Waals surface area contributed by atoms with Crippen LogP contribution in [0, 0.1) is 11.8 Å². The highest BCUT2D eigenvalue weighted by atomic mass is 19.1. The Kier molecular flexibility index (Phi) is 4.78. The number of hydrogen-bond donors (Lipinski definition) is 2. The molecule has 3 saturated heterocycles. The molecule has 3 fully saturated rings. The number of amides is 4. The number of piperidine rings is 2. The predicted molar refractivity (Wildman–Crippen MR) is 93.7 cm³/mol. The first kappa shape index (κ1) is 18.8. The lowest BCUT2D eigenvalue weighted by Crippen LogP contribution is -2.54. The molecule has 2 atom stereocenters. The maximum absolute atomic E-state index is 14.8. The Hall–Kier alpha value is -2.55. The second kappa shape index (κ2) is 7.12. The average molecular weight is 391 g/mol. The zero-order valence-corrected chi connectivity index (χ0v) is 15.3. The quantitative estimate of drug-likeness (QED) is 0.656. The van der Waals surface area contributed by atoms with Crippen LogP contribution in [0.4, 0.5) is 4.39 Å². The molecule has 2 N–H and O–H groups in total. The average Bonchev–Trinajstić information content (AvgIpc) is 2.91. The molecule has 0 aromatic rings. The number of allylic oxidation sites excluding steroid dienone is 2. The monoisotopic (exact) mass is 391 g/mol. The molecule has 4 aliphatic rings. The number of carbonyl (C=O) groups excluding carboxylic acids is 4. The molecule has 3 aliphatic heterocycles. The van der Waals surface area contributed by atoms with Crippen molar-refractivity contribution in [2.45, 2.75) is 38.1 Å². The number of nitrogens with zero attached hydrogens (tertiary/aromatic N) is 2. The van der Waals surface area contributed by atoms with Crippen LogP contribution in [0.3, 0.4) is 0 Å². The van der Waals surface area contributed by atoms with Gasteiger partial charge in [-0.25, -0.2) is 4.39 Å². The van der Waals surface area contributed by atoms with Crippen LogP contribution in [0.5, 0.6) is 0 Å². The minimum absolute atomic E-state index is 0.0504. The standard InChI is InChI=1S/C19H22FN3O5/c20-13-7-11-12(8-15(13)22-5-3-10(9-24)4-6-22)19(28)23(18(11)27)14-1-2-16(25)21-17(14)26/h8,10-11,14,24H,1-7,9H2,(H,21,25,26). The molecule has 0 saturated carbocycles. The minimum atomic E-state index is -1.03. The van der Waals surface area contributed by atoms with Crippen molar-refractivity contribution in [3.05, 3.63) is 23.2 Å². The van der Waals surface area contributed by atoms with Crippen LogP contribution in [0.2, 0.25) is 0 Å². The van der Waals surface area contributed by atoms with E-state index in [-0.39, 0.29) is 37.4 Å². The van der Waals surface area contributed by atoms with Gasteiger partial charge in [0.05, 0.1) is 11.6 Å². The molecule has 0 radical (unpaired) electrons. The highest BCUT2D eigenvalue weighted by molar-refractivity contribution is 6.18. The van der Waals surface area contributed by atoms with Gasteiger partial charge in [-0.15, -0.1) is 0 Å². The van der Waals surface area contributed by atoms with E-state index in [9.17, 15) is 28.7 Å². The lowest BCUT2D eigenvalue weighted by atomic mass is 9.90. The van der Waals surface area contributed by atoms with Crippen LogP contribution in [0.25, 0.3) is 0 Å². The summed E-state index contributed by atoms with van der Waals surface area (Å²) in [5, 5.41) is 11.4. The van der Waals surface area contributed by atoms with Gasteiger partial charge < -0.3 is 10.0 Å². The summed E-state index contributed by atoms with van der Waals surface area (Å²) in [6, 6.07) is -1.03. The van der Waals surface area contributed by atoms with Crippen molar-refractivity contribution in [3.8, 4) is 0 Å². The van der Waals surface area contributed by atoms with Crippen molar-refractivity contribution in [2.75, 3.05) is 19.7 Å². The zero-order valence-electron chi connectivity index (χ0n) is 15.3. The van der Waals surface area contributed by atoms with Gasteiger partial charge in [-0.2, -0.15) is 0 Å². The molecule has 8 nitrogen and oxygen atoms in total. The third-order valence-electron chi connectivity index (χ3n) is 6.07. The molecule has 4 amide bonds. The normalized spacial score (nSPS) is 29.3. The van der Waals surface area contributed by atoms with Crippen LogP contribution in [0.15, 0.2) is 23.2 Å². The van der Waals surface area contributed by atoms with Gasteiger partial charge in [0, 0.05) is 38.1 Å². The predicted octanol–water partition coefficient (Wildman–Crippen LogP) is -0.00790. The van der Waals surface area contributed by atoms with E-state index in [1.165, 1.54) is 6.08 Å². The Morgan fingerprint density at radius 1 is 1.14 bits per heavy atom. The molecule has 0 bridgehead atoms. The Morgan fingerprint density at radius 3 is 2.50 bits per heavy atom. The van der Waals surface area contributed by atoms with Gasteiger partial charge >= 0.3 is 0 Å². The molecular weight excluding hydrogens is 369 g/mol. The van der Waals surface area contributed by atoms with Crippen molar-refractivity contribution < 1.29 is 28.7 Å². The molecule has 1 aliphatic carbocycles. The molecule has 0 spiro atoms. The first-order chi connectivity index (χ1) is 13.4. The summed E-state index contributed by atoms with van der Waals surface area (Å²) in [5.41, 5.74) is 0.518. The summed E-state index contributed by atoms with van der Waals surface area (Å²) in [5.74, 6) is -3.44. The summed E-state index contributed by atoms with van der Waals surface area (Å²) in [7, 11) is 0. The van der Waals surface area contributed by atoms with Crippen LogP contribution in [-0.2, 0) is 19.2 Å². The van der Waals surface area contributed by atoms with E-state index < -0.39 is 41.4 Å². The van der Waals surface area contributed by atoms with E-state index in [0.29, 0.717) is 18.8 Å². The number of carbonyl (C=O) groups is 4. The fourth-order valence-electron chi connectivity index (χ4n) is 4.40. The van der Waals surface area contributed by atoms with Gasteiger partial charge in [-0.1, -0.05) is 0 Å². The third kappa shape index (κ3) is 3.03. The topological polar surface area (TPSA) is 107 Å². The molecule has 3 heterocycles. The number of hydrogen-bond acceptors (Lipinski definition) is 6. The largest absolute Gasteiger partial charge is 0.396 e. The van der Waals surface area contributed by atoms with E-state index in [1.807, 2.05) is 4.90 Å². The Balaban J connectivity index is 1.56. The fourth-order valence-corrected chi connectivity index (χ4v) is 4.40. The second-order valence-electron chi connectivity index (χ2n) is 7.74. The lowest BCUT2D eigenvalue weighted by molar-refractivity contribution is -0.150. The Bertz CT molecular complexity index is 812. The van der Waals surface area contributed by atoms with Crippen molar-refractivity contribution in [1.29, 1.82) is 0 Å². The van der Waals surface area contributed by atoms with Crippen molar-refractivity contribution in [2.24, 2.45) is 11.8 Å². The molecule has 0 aromatic heterocycles. The van der Waals surface area contributed by atoms with Crippen molar-refractivity contribution in [1.82, 2.24) is 15.1 Å². The van der Waals surface area contributed by atoms with Crippen LogP contribution >= 0.6 is 0 Å². The van der Waals surface area contributed by atoms with Crippen LogP contribution in [-0.4, -0.2) is 64.3 Å². The number of likely N-dealkylation sites (tertiary alicyclic amines) is 2. The highest BCUT2D eigenvalue weighted by Crippen LogP contribution is 2.40. The number of fused-ring (bicyclic) bond motifs is 1. The molecular formula is C19H22FN3O5. The van der Waals surface area contributed by atoms with E-state index in [4.69, 9.17) is 0 Å². The van der Waals surface area contributed by atoms with E-state index >= 15 is 0 Å². The van der Waals surface area contributed by atoms with Crippen LogP contribution < -0.4 is 5.32 Å². The summed E-state index contributed by atoms with van der Waals surface area (Å²) >= 11 is 0. The van der Waals surface area contributed by atoms with Crippen LogP contribution in [0.1, 0.15) is 32.1 Å². The molecule has 2 unspecified atom stereocenters. The van der Waals surface area contributed by atoms with Crippen molar-refractivity contribution in [3.63, 3.8) is 0 Å². The highest BCUT2D eigenvalue weighted by Gasteiger charge is 2.51. The number of aliphatic hydroxyl groups is 1. The first-order valence-corrected chi connectivity index (χ1v) is 9.57. The van der Waals surface area contributed by atoms with Gasteiger partial charge in [-0.3, -0.25) is 29.4 Å². The molecule has 9 heteroatoms. The molecule has 150 valence electrons. The number of aliphatic hydroxyl groups excluding tert-OH is 1. The molecule has 28 heavy (non-hydrogen) atoms. The minimum Gasteiger partial charge on any atom is -0.396 e. The SMILES string of the molecule is O=C1CCC(N2C(=O)C3=CC(N4CCC(CO)CC4)=C(F)CC3C2=O)C(=O)N1. The van der Waals surface area contributed by atoms with E-state index in [0.717, 1.165) is 17.7 Å². The van der Waals surface area contributed by atoms with E-state index in [1.54, 1.807) is 0 Å². The summed E-state index contributed by atoms with van der Waals surface area (Å²) in [6.45, 7) is 1.25. The van der Waals surface area contributed by atoms with Gasteiger partial charge in [-0.05, 0) is 31.3 Å². The van der Waals surface area contributed by atoms with Crippen molar-refractivity contribution >= 4 is 23.6 Å². The first-order valence-electron chi connectivity index (χ1n) is 9.57. The van der Waals surface area contributed by atoms with Gasteiger partial charge in [0.1, 0.15) is 11.9 Å². The Morgan fingerprint density at radius 2 is 1.86 bits per heavy atom. The molecule has 0 aromatic carbocycles. The van der Waals surface area contributed by atoms with Gasteiger partial charge in [0.15, 0.2) is 0 Å². The molecule has 4 rings (SSSR count). The second-order valence-corrected chi connectivity index (χ2v) is 7.74. The summed E-state index contributed by atoms with van der Waals surface area (Å²) in [6.07, 6.45) is 2.84. The lowest BCUT2D eigenvalue weighted by Gasteiger charge is -2.35. The summed E-state index contributed by atoms with van der Waals surface area (Å²) < 4.78 is 14.8. The third-order valence-corrected chi connectivity index (χ3v) is 6.07. The Labute approximate surface area is 161 Å². The maximum atomic E-state index is 14.8.